The summed E-state index contributed by atoms with van der Waals surface area (Å²) in [6.45, 7) is 1.56. The molecule has 2 N–H and O–H groups in total. The monoisotopic (exact) mass is 374 g/mol. The van der Waals surface area contributed by atoms with Crippen molar-refractivity contribution in [2.45, 2.75) is 6.92 Å². The number of hydrogen-bond acceptors (Lipinski definition) is 4. The van der Waals surface area contributed by atoms with Gasteiger partial charge in [-0.25, -0.2) is 18.6 Å². The topological polar surface area (TPSA) is 79.3 Å². The number of amides is 1. The van der Waals surface area contributed by atoms with Crippen molar-refractivity contribution in [1.29, 1.82) is 0 Å². The second kappa shape index (κ2) is 7.01. The predicted octanol–water partition coefficient (Wildman–Crippen LogP) is 4.35. The number of nitrogens with one attached hydrogen (secondary N) is 1. The third-order valence-corrected chi connectivity index (χ3v) is 4.72. The highest BCUT2D eigenvalue weighted by molar-refractivity contribution is 7.17. The van der Waals surface area contributed by atoms with Gasteiger partial charge in [0.25, 0.3) is 5.91 Å². The van der Waals surface area contributed by atoms with Crippen LogP contribution in [0.15, 0.2) is 42.5 Å². The van der Waals surface area contributed by atoms with Gasteiger partial charge in [0.1, 0.15) is 21.5 Å². The average Bonchev–Trinajstić information content (AvgIpc) is 2.96. The van der Waals surface area contributed by atoms with Crippen molar-refractivity contribution >= 4 is 28.9 Å². The largest absolute Gasteiger partial charge is 0.478 e. The van der Waals surface area contributed by atoms with E-state index < -0.39 is 23.5 Å². The number of carboxylic acid groups (broad SMARTS) is 1. The van der Waals surface area contributed by atoms with Crippen LogP contribution in [-0.4, -0.2) is 22.0 Å². The Labute approximate surface area is 150 Å². The van der Waals surface area contributed by atoms with E-state index in [1.807, 2.05) is 0 Å². The molecule has 0 unspecified atom stereocenters. The fourth-order valence-electron chi connectivity index (χ4n) is 2.33. The molecule has 0 aliphatic heterocycles. The number of carbonyl (C=O) groups is 2. The summed E-state index contributed by atoms with van der Waals surface area (Å²) < 4.78 is 27.8. The van der Waals surface area contributed by atoms with Gasteiger partial charge in [0.2, 0.25) is 0 Å². The van der Waals surface area contributed by atoms with Crippen LogP contribution in [0, 0.1) is 18.6 Å². The molecule has 3 aromatic rings. The van der Waals surface area contributed by atoms with Gasteiger partial charge >= 0.3 is 5.97 Å². The predicted molar refractivity (Wildman–Crippen MR) is 93.6 cm³/mol. The summed E-state index contributed by atoms with van der Waals surface area (Å²) in [4.78, 5) is 27.7. The molecule has 2 aromatic carbocycles. The summed E-state index contributed by atoms with van der Waals surface area (Å²) in [6, 6.07) is 9.23. The summed E-state index contributed by atoms with van der Waals surface area (Å²) in [5, 5.41) is 11.6. The van der Waals surface area contributed by atoms with E-state index in [0.29, 0.717) is 11.4 Å². The minimum atomic E-state index is -1.12. The molecule has 26 heavy (non-hydrogen) atoms. The highest BCUT2D eigenvalue weighted by Crippen LogP contribution is 2.32. The van der Waals surface area contributed by atoms with Crippen molar-refractivity contribution in [3.63, 3.8) is 0 Å². The standard InChI is InChI=1S/C18H12F2N2O3S/c1-9-15(16(23)22-11-5-2-4-10(8-11)18(24)25)26-17(21-9)14-12(19)6-3-7-13(14)20/h2-8H,1H3,(H,22,23)(H,24,25). The quantitative estimate of drug-likeness (QED) is 0.712. The third kappa shape index (κ3) is 3.45. The number of carbonyl (C=O) groups excluding carboxylic acids is 1. The lowest BCUT2D eigenvalue weighted by Gasteiger charge is -2.05. The zero-order valence-electron chi connectivity index (χ0n) is 13.4. The van der Waals surface area contributed by atoms with Gasteiger partial charge in [-0.1, -0.05) is 12.1 Å². The minimum absolute atomic E-state index is 0.0259. The minimum Gasteiger partial charge on any atom is -0.478 e. The van der Waals surface area contributed by atoms with Crippen LogP contribution in [0.3, 0.4) is 0 Å². The average molecular weight is 374 g/mol. The SMILES string of the molecule is Cc1nc(-c2c(F)cccc2F)sc1C(=O)Nc1cccc(C(=O)O)c1. The molecule has 0 fully saturated rings. The Bertz CT molecular complexity index is 997. The van der Waals surface area contributed by atoms with E-state index in [1.165, 1.54) is 30.3 Å². The Kier molecular flexibility index (Phi) is 4.77. The molecule has 0 aliphatic rings. The van der Waals surface area contributed by atoms with Gasteiger partial charge in [0.15, 0.2) is 0 Å². The summed E-state index contributed by atoms with van der Waals surface area (Å²) in [5.41, 5.74) is 0.353. The van der Waals surface area contributed by atoms with Gasteiger partial charge in [-0.3, -0.25) is 4.79 Å². The molecule has 132 valence electrons. The van der Waals surface area contributed by atoms with Crippen molar-refractivity contribution in [1.82, 2.24) is 4.98 Å². The van der Waals surface area contributed by atoms with Crippen molar-refractivity contribution in [2.24, 2.45) is 0 Å². The Morgan fingerprint density at radius 2 is 1.77 bits per heavy atom. The van der Waals surface area contributed by atoms with Gasteiger partial charge in [-0.2, -0.15) is 0 Å². The third-order valence-electron chi connectivity index (χ3n) is 3.55. The molecule has 0 saturated carbocycles. The first-order valence-corrected chi connectivity index (χ1v) is 8.25. The number of benzene rings is 2. The van der Waals surface area contributed by atoms with Gasteiger partial charge in [-0.15, -0.1) is 11.3 Å². The summed E-state index contributed by atoms with van der Waals surface area (Å²) in [5.74, 6) is -3.18. The zero-order chi connectivity index (χ0) is 18.8. The lowest BCUT2D eigenvalue weighted by Crippen LogP contribution is -2.12. The molecule has 1 amide bonds. The fourth-order valence-corrected chi connectivity index (χ4v) is 3.34. The number of halogens is 2. The number of aryl methyl sites for hydroxylation is 1. The molecule has 3 rings (SSSR count). The fraction of sp³-hybridized carbons (Fsp3) is 0.0556. The van der Waals surface area contributed by atoms with Gasteiger partial charge in [0, 0.05) is 5.69 Å². The maximum atomic E-state index is 13.9. The number of carboxylic acids is 1. The van der Waals surface area contributed by atoms with E-state index >= 15 is 0 Å². The van der Waals surface area contributed by atoms with E-state index in [0.717, 1.165) is 23.5 Å². The molecule has 0 bridgehead atoms. The normalized spacial score (nSPS) is 10.6. The van der Waals surface area contributed by atoms with Crippen LogP contribution in [0.1, 0.15) is 25.7 Å². The lowest BCUT2D eigenvalue weighted by atomic mass is 10.2. The van der Waals surface area contributed by atoms with E-state index in [1.54, 1.807) is 6.92 Å². The van der Waals surface area contributed by atoms with E-state index in [2.05, 4.69) is 10.3 Å². The van der Waals surface area contributed by atoms with Crippen LogP contribution in [0.25, 0.3) is 10.6 Å². The molecular weight excluding hydrogens is 362 g/mol. The maximum absolute atomic E-state index is 13.9. The molecule has 5 nitrogen and oxygen atoms in total. The Morgan fingerprint density at radius 3 is 2.42 bits per heavy atom. The van der Waals surface area contributed by atoms with Gasteiger partial charge in [0.05, 0.1) is 16.8 Å². The van der Waals surface area contributed by atoms with E-state index in [4.69, 9.17) is 5.11 Å². The molecular formula is C18H12F2N2O3S. The number of nitrogens with zero attached hydrogens (tertiary/aromatic N) is 1. The molecule has 0 saturated heterocycles. The number of rotatable bonds is 4. The first-order chi connectivity index (χ1) is 12.4. The van der Waals surface area contributed by atoms with Crippen molar-refractivity contribution in [2.75, 3.05) is 5.32 Å². The first-order valence-electron chi connectivity index (χ1n) is 7.43. The van der Waals surface area contributed by atoms with Gasteiger partial charge in [-0.05, 0) is 37.3 Å². The van der Waals surface area contributed by atoms with E-state index in [9.17, 15) is 18.4 Å². The molecule has 0 atom stereocenters. The second-order valence-electron chi connectivity index (χ2n) is 5.37. The van der Waals surface area contributed by atoms with Crippen LogP contribution < -0.4 is 5.32 Å². The highest BCUT2D eigenvalue weighted by atomic mass is 32.1. The smallest absolute Gasteiger partial charge is 0.335 e. The van der Waals surface area contributed by atoms with Gasteiger partial charge < -0.3 is 10.4 Å². The Hall–Kier alpha value is -3.13. The number of thiazole rings is 1. The Morgan fingerprint density at radius 1 is 1.12 bits per heavy atom. The van der Waals surface area contributed by atoms with Crippen LogP contribution in [0.2, 0.25) is 0 Å². The zero-order valence-corrected chi connectivity index (χ0v) is 14.2. The summed E-state index contributed by atoms with van der Waals surface area (Å²) >= 11 is 0.859. The molecule has 0 radical (unpaired) electrons. The lowest BCUT2D eigenvalue weighted by molar-refractivity contribution is 0.0696. The molecule has 1 aromatic heterocycles. The molecule has 0 spiro atoms. The maximum Gasteiger partial charge on any atom is 0.335 e. The van der Waals surface area contributed by atoms with Crippen LogP contribution in [-0.2, 0) is 0 Å². The van der Waals surface area contributed by atoms with Crippen LogP contribution >= 0.6 is 11.3 Å². The second-order valence-corrected chi connectivity index (χ2v) is 6.37. The van der Waals surface area contributed by atoms with E-state index in [-0.39, 0.29) is 21.0 Å². The van der Waals surface area contributed by atoms with Crippen molar-refractivity contribution in [3.05, 3.63) is 70.2 Å². The molecule has 0 aliphatic carbocycles. The van der Waals surface area contributed by atoms with Crippen LogP contribution in [0.5, 0.6) is 0 Å². The van der Waals surface area contributed by atoms with Crippen LogP contribution in [0.4, 0.5) is 14.5 Å². The molecule has 8 heteroatoms. The van der Waals surface area contributed by atoms with Crippen molar-refractivity contribution in [3.8, 4) is 10.6 Å². The Balaban J connectivity index is 1.91. The highest BCUT2D eigenvalue weighted by Gasteiger charge is 2.20. The number of aromatic nitrogens is 1. The number of anilines is 1. The molecule has 1 heterocycles. The summed E-state index contributed by atoms with van der Waals surface area (Å²) in [7, 11) is 0. The summed E-state index contributed by atoms with van der Waals surface area (Å²) in [6.07, 6.45) is 0. The first kappa shape index (κ1) is 17.7. The van der Waals surface area contributed by atoms with Crippen molar-refractivity contribution < 1.29 is 23.5 Å². The number of aromatic carboxylic acids is 1. The number of hydrogen-bond donors (Lipinski definition) is 2.